The lowest BCUT2D eigenvalue weighted by molar-refractivity contribution is -0.137. The first kappa shape index (κ1) is 21.5. The Morgan fingerprint density at radius 1 is 1.00 bits per heavy atom. The summed E-state index contributed by atoms with van der Waals surface area (Å²) in [7, 11) is 0. The Morgan fingerprint density at radius 2 is 1.76 bits per heavy atom. The molecule has 2 aliphatic heterocycles. The molecular weight excluding hydrogens is 410 g/mol. The normalized spacial score (nSPS) is 17.7. The number of benzene rings is 2. The molecule has 2 aromatic carbocycles. The molecule has 0 unspecified atom stereocenters. The number of fused-ring (bicyclic) bond motifs is 1. The fourth-order valence-corrected chi connectivity index (χ4v) is 5.20. The van der Waals surface area contributed by atoms with Crippen LogP contribution in [0.3, 0.4) is 0 Å². The third-order valence-corrected chi connectivity index (χ3v) is 7.17. The molecule has 1 fully saturated rings. The van der Waals surface area contributed by atoms with Crippen molar-refractivity contribution in [2.45, 2.75) is 40.0 Å². The average Bonchev–Trinajstić information content (AvgIpc) is 3.32. The molecule has 2 aliphatic rings. The number of aromatic nitrogens is 1. The van der Waals surface area contributed by atoms with Crippen molar-refractivity contribution in [2.24, 2.45) is 5.92 Å². The Balaban J connectivity index is 1.48. The van der Waals surface area contributed by atoms with E-state index in [0.717, 1.165) is 59.1 Å². The van der Waals surface area contributed by atoms with Gasteiger partial charge in [0.05, 0.1) is 5.57 Å². The van der Waals surface area contributed by atoms with E-state index < -0.39 is 0 Å². The molecule has 0 bridgehead atoms. The number of aromatic amines is 1. The van der Waals surface area contributed by atoms with E-state index in [-0.39, 0.29) is 11.8 Å². The zero-order valence-electron chi connectivity index (χ0n) is 19.6. The lowest BCUT2D eigenvalue weighted by atomic mass is 9.95. The van der Waals surface area contributed by atoms with Crippen LogP contribution >= 0.6 is 0 Å². The van der Waals surface area contributed by atoms with Crippen molar-refractivity contribution in [3.8, 4) is 0 Å². The van der Waals surface area contributed by atoms with Crippen LogP contribution < -0.4 is 0 Å². The monoisotopic (exact) mass is 441 g/mol. The zero-order chi connectivity index (χ0) is 23.1. The highest BCUT2D eigenvalue weighted by atomic mass is 16.2. The van der Waals surface area contributed by atoms with Crippen molar-refractivity contribution >= 4 is 28.3 Å². The number of H-pyrrole nitrogens is 1. The second-order valence-electron chi connectivity index (χ2n) is 9.58. The van der Waals surface area contributed by atoms with Crippen LogP contribution in [0.2, 0.25) is 0 Å². The van der Waals surface area contributed by atoms with Crippen molar-refractivity contribution in [3.05, 3.63) is 76.6 Å². The summed E-state index contributed by atoms with van der Waals surface area (Å²) in [5.41, 5.74) is 6.43. The molecule has 33 heavy (non-hydrogen) atoms. The van der Waals surface area contributed by atoms with E-state index in [1.54, 1.807) is 0 Å². The van der Waals surface area contributed by atoms with Crippen LogP contribution in [0.25, 0.3) is 16.5 Å². The van der Waals surface area contributed by atoms with Gasteiger partial charge in [-0.05, 0) is 61.8 Å². The molecule has 1 saturated heterocycles. The van der Waals surface area contributed by atoms with Gasteiger partial charge in [0.1, 0.15) is 5.70 Å². The predicted octanol–water partition coefficient (Wildman–Crippen LogP) is 4.84. The maximum atomic E-state index is 13.7. The number of carbonyl (C=O) groups is 2. The summed E-state index contributed by atoms with van der Waals surface area (Å²) < 4.78 is 0. The van der Waals surface area contributed by atoms with Gasteiger partial charge in [-0.3, -0.25) is 14.5 Å². The highest BCUT2D eigenvalue weighted by Crippen LogP contribution is 2.35. The van der Waals surface area contributed by atoms with Gasteiger partial charge in [-0.1, -0.05) is 48.9 Å². The van der Waals surface area contributed by atoms with E-state index in [1.807, 2.05) is 50.4 Å². The number of aryl methyl sites for hydroxylation is 2. The quantitative estimate of drug-likeness (QED) is 0.577. The molecular formula is C28H31N3O2. The summed E-state index contributed by atoms with van der Waals surface area (Å²) in [6.07, 6.45) is 4.70. The van der Waals surface area contributed by atoms with Gasteiger partial charge in [-0.2, -0.15) is 0 Å². The summed E-state index contributed by atoms with van der Waals surface area (Å²) in [5.74, 6) is 0.335. The van der Waals surface area contributed by atoms with Crippen LogP contribution in [-0.2, 0) is 16.0 Å². The summed E-state index contributed by atoms with van der Waals surface area (Å²) in [4.78, 5) is 34.3. The number of amides is 2. The highest BCUT2D eigenvalue weighted by Gasteiger charge is 2.42. The molecule has 3 heterocycles. The van der Waals surface area contributed by atoms with Gasteiger partial charge >= 0.3 is 0 Å². The average molecular weight is 442 g/mol. The molecule has 3 aromatic rings. The van der Waals surface area contributed by atoms with Gasteiger partial charge in [-0.25, -0.2) is 0 Å². The first-order chi connectivity index (χ1) is 15.9. The van der Waals surface area contributed by atoms with E-state index in [9.17, 15) is 9.59 Å². The number of para-hydroxylation sites is 1. The van der Waals surface area contributed by atoms with Crippen LogP contribution in [-0.4, -0.2) is 46.2 Å². The Morgan fingerprint density at radius 3 is 2.52 bits per heavy atom. The van der Waals surface area contributed by atoms with E-state index in [1.165, 1.54) is 4.90 Å². The van der Waals surface area contributed by atoms with E-state index >= 15 is 0 Å². The topological polar surface area (TPSA) is 56.4 Å². The largest absolute Gasteiger partial charge is 0.366 e. The number of likely N-dealkylation sites (tertiary alicyclic amines) is 1. The third kappa shape index (κ3) is 3.86. The van der Waals surface area contributed by atoms with Gasteiger partial charge in [0.2, 0.25) is 0 Å². The van der Waals surface area contributed by atoms with E-state index in [0.29, 0.717) is 30.2 Å². The number of piperidine rings is 1. The van der Waals surface area contributed by atoms with Gasteiger partial charge in [0.15, 0.2) is 0 Å². The minimum absolute atomic E-state index is 0.149. The van der Waals surface area contributed by atoms with Crippen LogP contribution in [0, 0.1) is 19.8 Å². The van der Waals surface area contributed by atoms with Crippen molar-refractivity contribution in [1.29, 1.82) is 0 Å². The Hall–Kier alpha value is -3.34. The molecule has 5 heteroatoms. The van der Waals surface area contributed by atoms with Gasteiger partial charge in [-0.15, -0.1) is 0 Å². The van der Waals surface area contributed by atoms with Crippen LogP contribution in [0.5, 0.6) is 0 Å². The maximum Gasteiger partial charge on any atom is 0.277 e. The number of nitrogens with one attached hydrogen (secondary N) is 1. The van der Waals surface area contributed by atoms with Crippen LogP contribution in [0.1, 0.15) is 42.0 Å². The summed E-state index contributed by atoms with van der Waals surface area (Å²) >= 11 is 0. The molecule has 1 aromatic heterocycles. The summed E-state index contributed by atoms with van der Waals surface area (Å²) in [6.45, 7) is 8.35. The SMILES string of the molecule is Cc1ccc(C2=C(N3CCC(C)CC3)C(=O)N(CCc3c[nH]c4ccccc34)C2=O)c(C)c1. The second-order valence-corrected chi connectivity index (χ2v) is 9.58. The third-order valence-electron chi connectivity index (χ3n) is 7.17. The van der Waals surface area contributed by atoms with Crippen molar-refractivity contribution in [1.82, 2.24) is 14.8 Å². The fraction of sp³-hybridized carbons (Fsp3) is 0.357. The number of hydrogen-bond donors (Lipinski definition) is 1. The first-order valence-electron chi connectivity index (χ1n) is 11.9. The van der Waals surface area contributed by atoms with Gasteiger partial charge in [0.25, 0.3) is 11.8 Å². The standard InChI is InChI=1S/C28H31N3O2/c1-18-10-13-30(14-11-18)26-25(22-9-8-19(2)16-20(22)3)27(32)31(28(26)33)15-12-21-17-29-24-7-5-4-6-23(21)24/h4-9,16-18,29H,10-15H2,1-3H3. The molecule has 0 atom stereocenters. The molecule has 1 N–H and O–H groups in total. The highest BCUT2D eigenvalue weighted by molar-refractivity contribution is 6.35. The summed E-state index contributed by atoms with van der Waals surface area (Å²) in [6, 6.07) is 14.3. The lowest BCUT2D eigenvalue weighted by Crippen LogP contribution is -2.39. The Kier molecular flexibility index (Phi) is 5.57. The van der Waals surface area contributed by atoms with E-state index in [2.05, 4.69) is 28.9 Å². The lowest BCUT2D eigenvalue weighted by Gasteiger charge is -2.32. The predicted molar refractivity (Wildman–Crippen MR) is 132 cm³/mol. The molecule has 0 radical (unpaired) electrons. The fourth-order valence-electron chi connectivity index (χ4n) is 5.20. The second kappa shape index (κ2) is 8.54. The molecule has 5 rings (SSSR count). The van der Waals surface area contributed by atoms with Crippen molar-refractivity contribution in [2.75, 3.05) is 19.6 Å². The van der Waals surface area contributed by atoms with Crippen molar-refractivity contribution < 1.29 is 9.59 Å². The number of imide groups is 1. The Bertz CT molecular complexity index is 1260. The molecule has 0 aliphatic carbocycles. The van der Waals surface area contributed by atoms with Crippen LogP contribution in [0.15, 0.2) is 54.4 Å². The first-order valence-corrected chi connectivity index (χ1v) is 11.9. The molecule has 0 saturated carbocycles. The number of nitrogens with zero attached hydrogens (tertiary/aromatic N) is 2. The van der Waals surface area contributed by atoms with Crippen LogP contribution in [0.4, 0.5) is 0 Å². The molecule has 170 valence electrons. The minimum Gasteiger partial charge on any atom is -0.366 e. The smallest absolute Gasteiger partial charge is 0.277 e. The van der Waals surface area contributed by atoms with E-state index in [4.69, 9.17) is 0 Å². The number of rotatable bonds is 5. The molecule has 2 amide bonds. The molecule has 0 spiro atoms. The van der Waals surface area contributed by atoms with Gasteiger partial charge in [0, 0.05) is 36.7 Å². The van der Waals surface area contributed by atoms with Crippen molar-refractivity contribution in [3.63, 3.8) is 0 Å². The maximum absolute atomic E-state index is 13.7. The Labute approximate surface area is 195 Å². The summed E-state index contributed by atoms with van der Waals surface area (Å²) in [5, 5.41) is 1.14. The van der Waals surface area contributed by atoms with Gasteiger partial charge < -0.3 is 9.88 Å². The number of carbonyl (C=O) groups excluding carboxylic acids is 2. The minimum atomic E-state index is -0.166. The molecule has 5 nitrogen and oxygen atoms in total. The number of hydrogen-bond acceptors (Lipinski definition) is 3. The zero-order valence-corrected chi connectivity index (χ0v) is 19.6.